The van der Waals surface area contributed by atoms with Crippen molar-refractivity contribution in [2.24, 2.45) is 5.92 Å². The van der Waals surface area contributed by atoms with Gasteiger partial charge in [-0.3, -0.25) is 9.59 Å². The molecule has 2 amide bonds. The zero-order chi connectivity index (χ0) is 19.8. The van der Waals surface area contributed by atoms with Gasteiger partial charge in [0.25, 0.3) is 5.91 Å². The van der Waals surface area contributed by atoms with E-state index in [-0.39, 0.29) is 11.8 Å². The number of rotatable bonds is 7. The Bertz CT molecular complexity index is 763. The zero-order valence-corrected chi connectivity index (χ0v) is 16.7. The fraction of sp³-hybridized carbons (Fsp3) is 0.417. The Morgan fingerprint density at radius 1 is 1.00 bits per heavy atom. The van der Waals surface area contributed by atoms with E-state index in [9.17, 15) is 9.59 Å². The van der Waals surface area contributed by atoms with Gasteiger partial charge in [0.1, 0.15) is 0 Å². The predicted molar refractivity (Wildman–Crippen MR) is 113 cm³/mol. The third-order valence-electron chi connectivity index (χ3n) is 5.44. The molecular formula is C24H30N2O2. The number of carbonyl (C=O) groups excluding carboxylic acids is 2. The number of carbonyl (C=O) groups is 2. The summed E-state index contributed by atoms with van der Waals surface area (Å²) in [6, 6.07) is 17.8. The molecule has 0 aromatic heterocycles. The van der Waals surface area contributed by atoms with Crippen molar-refractivity contribution in [3.05, 3.63) is 65.7 Å². The van der Waals surface area contributed by atoms with Crippen molar-refractivity contribution in [3.63, 3.8) is 0 Å². The summed E-state index contributed by atoms with van der Waals surface area (Å²) in [5.41, 5.74) is 2.82. The van der Waals surface area contributed by atoms with Gasteiger partial charge in [-0.05, 0) is 61.4 Å². The van der Waals surface area contributed by atoms with Crippen molar-refractivity contribution < 1.29 is 9.59 Å². The average molecular weight is 379 g/mol. The third-order valence-corrected chi connectivity index (χ3v) is 5.44. The first-order chi connectivity index (χ1) is 13.7. The van der Waals surface area contributed by atoms with Crippen molar-refractivity contribution in [3.8, 4) is 0 Å². The van der Waals surface area contributed by atoms with Crippen LogP contribution in [-0.4, -0.2) is 29.8 Å². The van der Waals surface area contributed by atoms with Crippen molar-refractivity contribution in [2.75, 3.05) is 18.4 Å². The van der Waals surface area contributed by atoms with E-state index in [0.717, 1.165) is 50.9 Å². The van der Waals surface area contributed by atoms with Gasteiger partial charge in [-0.2, -0.15) is 0 Å². The van der Waals surface area contributed by atoms with Crippen LogP contribution in [0.1, 0.15) is 54.9 Å². The first-order valence-corrected chi connectivity index (χ1v) is 10.4. The topological polar surface area (TPSA) is 49.4 Å². The van der Waals surface area contributed by atoms with Gasteiger partial charge in [0.2, 0.25) is 5.91 Å². The number of likely N-dealkylation sites (tertiary alicyclic amines) is 1. The lowest BCUT2D eigenvalue weighted by molar-refractivity contribution is -0.116. The summed E-state index contributed by atoms with van der Waals surface area (Å²) in [6.45, 7) is 3.69. The minimum atomic E-state index is 0.0291. The quantitative estimate of drug-likeness (QED) is 0.744. The summed E-state index contributed by atoms with van der Waals surface area (Å²) in [5.74, 6) is 0.760. The van der Waals surface area contributed by atoms with Crippen LogP contribution in [0.4, 0.5) is 5.69 Å². The third kappa shape index (κ3) is 5.69. The molecule has 0 saturated carbocycles. The number of amides is 2. The highest BCUT2D eigenvalue weighted by molar-refractivity contribution is 5.95. The zero-order valence-electron chi connectivity index (χ0n) is 16.7. The Morgan fingerprint density at radius 2 is 1.68 bits per heavy atom. The van der Waals surface area contributed by atoms with E-state index in [0.29, 0.717) is 17.9 Å². The van der Waals surface area contributed by atoms with Crippen molar-refractivity contribution in [1.82, 2.24) is 4.90 Å². The number of piperidine rings is 1. The maximum Gasteiger partial charge on any atom is 0.253 e. The molecule has 4 heteroatoms. The van der Waals surface area contributed by atoms with Gasteiger partial charge in [0.05, 0.1) is 0 Å². The van der Waals surface area contributed by atoms with E-state index in [2.05, 4.69) is 36.5 Å². The molecular weight excluding hydrogens is 348 g/mol. The second kappa shape index (κ2) is 10.1. The molecule has 0 spiro atoms. The van der Waals surface area contributed by atoms with Crippen LogP contribution in [0, 0.1) is 5.92 Å². The fourth-order valence-corrected chi connectivity index (χ4v) is 3.73. The van der Waals surface area contributed by atoms with Gasteiger partial charge in [-0.25, -0.2) is 0 Å². The van der Waals surface area contributed by atoms with Crippen LogP contribution >= 0.6 is 0 Å². The highest BCUT2D eigenvalue weighted by atomic mass is 16.2. The molecule has 0 radical (unpaired) electrons. The Balaban J connectivity index is 1.48. The van der Waals surface area contributed by atoms with Gasteiger partial charge in [-0.1, -0.05) is 43.7 Å². The Labute approximate surface area is 167 Å². The van der Waals surface area contributed by atoms with Crippen LogP contribution in [0.25, 0.3) is 0 Å². The minimum Gasteiger partial charge on any atom is -0.339 e. The van der Waals surface area contributed by atoms with Crippen molar-refractivity contribution >= 4 is 17.5 Å². The number of benzene rings is 2. The normalized spacial score (nSPS) is 14.7. The summed E-state index contributed by atoms with van der Waals surface area (Å²) >= 11 is 0. The van der Waals surface area contributed by atoms with Crippen molar-refractivity contribution in [2.45, 2.75) is 45.4 Å². The van der Waals surface area contributed by atoms with Gasteiger partial charge in [0.15, 0.2) is 0 Å². The van der Waals surface area contributed by atoms with Crippen LogP contribution in [0.15, 0.2) is 54.6 Å². The lowest BCUT2D eigenvalue weighted by Crippen LogP contribution is -2.38. The van der Waals surface area contributed by atoms with Gasteiger partial charge in [-0.15, -0.1) is 0 Å². The fourth-order valence-electron chi connectivity index (χ4n) is 3.73. The molecule has 3 rings (SSSR count). The van der Waals surface area contributed by atoms with E-state index in [4.69, 9.17) is 0 Å². The number of anilines is 1. The highest BCUT2D eigenvalue weighted by Gasteiger charge is 2.23. The number of unbranched alkanes of at least 4 members (excludes halogenated alkanes) is 1. The van der Waals surface area contributed by atoms with Crippen LogP contribution in [-0.2, 0) is 11.2 Å². The van der Waals surface area contributed by atoms with E-state index in [1.54, 1.807) is 0 Å². The molecule has 1 aliphatic rings. The summed E-state index contributed by atoms with van der Waals surface area (Å²) < 4.78 is 0. The first kappa shape index (κ1) is 20.1. The average Bonchev–Trinajstić information content (AvgIpc) is 2.73. The molecule has 1 aliphatic heterocycles. The number of nitrogens with zero attached hydrogens (tertiary/aromatic N) is 1. The standard InChI is InChI=1S/C24H30N2O2/c1-2-3-9-23(27)25-22-12-10-21(11-13-22)24(28)26-16-14-20(15-17-26)18-19-7-5-4-6-8-19/h4-8,10-13,20H,2-3,9,14-18H2,1H3,(H,25,27). The summed E-state index contributed by atoms with van der Waals surface area (Å²) in [5, 5.41) is 2.89. The monoisotopic (exact) mass is 378 g/mol. The summed E-state index contributed by atoms with van der Waals surface area (Å²) in [4.78, 5) is 26.5. The van der Waals surface area contributed by atoms with E-state index >= 15 is 0 Å². The highest BCUT2D eigenvalue weighted by Crippen LogP contribution is 2.23. The second-order valence-electron chi connectivity index (χ2n) is 7.65. The molecule has 0 bridgehead atoms. The Hall–Kier alpha value is -2.62. The maximum absolute atomic E-state index is 12.8. The molecule has 0 aliphatic carbocycles. The molecule has 1 saturated heterocycles. The molecule has 0 atom stereocenters. The Morgan fingerprint density at radius 3 is 2.32 bits per heavy atom. The molecule has 28 heavy (non-hydrogen) atoms. The molecule has 148 valence electrons. The number of nitrogens with one attached hydrogen (secondary N) is 1. The SMILES string of the molecule is CCCCC(=O)Nc1ccc(C(=O)N2CCC(Cc3ccccc3)CC2)cc1. The molecule has 2 aromatic rings. The molecule has 4 nitrogen and oxygen atoms in total. The van der Waals surface area contributed by atoms with Crippen LogP contribution < -0.4 is 5.32 Å². The maximum atomic E-state index is 12.8. The second-order valence-corrected chi connectivity index (χ2v) is 7.65. The molecule has 0 unspecified atom stereocenters. The van der Waals surface area contributed by atoms with Crippen LogP contribution in [0.5, 0.6) is 0 Å². The minimum absolute atomic E-state index is 0.0291. The largest absolute Gasteiger partial charge is 0.339 e. The van der Waals surface area contributed by atoms with Gasteiger partial charge < -0.3 is 10.2 Å². The predicted octanol–water partition coefficient (Wildman–Crippen LogP) is 4.91. The molecule has 1 heterocycles. The number of hydrogen-bond donors (Lipinski definition) is 1. The number of hydrogen-bond acceptors (Lipinski definition) is 2. The van der Waals surface area contributed by atoms with E-state index < -0.39 is 0 Å². The van der Waals surface area contributed by atoms with Gasteiger partial charge in [0, 0.05) is 30.8 Å². The van der Waals surface area contributed by atoms with E-state index in [1.807, 2.05) is 35.2 Å². The van der Waals surface area contributed by atoms with Crippen LogP contribution in [0.3, 0.4) is 0 Å². The first-order valence-electron chi connectivity index (χ1n) is 10.4. The molecule has 2 aromatic carbocycles. The van der Waals surface area contributed by atoms with Crippen LogP contribution in [0.2, 0.25) is 0 Å². The Kier molecular flexibility index (Phi) is 7.24. The molecule has 1 fully saturated rings. The molecule has 1 N–H and O–H groups in total. The lowest BCUT2D eigenvalue weighted by atomic mass is 9.90. The lowest BCUT2D eigenvalue weighted by Gasteiger charge is -2.32. The van der Waals surface area contributed by atoms with Crippen molar-refractivity contribution in [1.29, 1.82) is 0 Å². The van der Waals surface area contributed by atoms with E-state index in [1.165, 1.54) is 5.56 Å². The smallest absolute Gasteiger partial charge is 0.253 e. The van der Waals surface area contributed by atoms with Gasteiger partial charge >= 0.3 is 0 Å². The summed E-state index contributed by atoms with van der Waals surface area (Å²) in [7, 11) is 0. The summed E-state index contributed by atoms with van der Waals surface area (Å²) in [6.07, 6.45) is 5.62.